The van der Waals surface area contributed by atoms with Crippen molar-refractivity contribution in [2.45, 2.75) is 12.6 Å². The molecule has 6 nitrogen and oxygen atoms in total. The SMILES string of the molecule is O=C1C(=O)N(Cc2cccs2)C(c2cccc(Oc3ccccc3)c2)/C1=C(/O)c1ccncc1. The molecule has 0 bridgehead atoms. The Balaban J connectivity index is 1.61. The number of thiophene rings is 1. The molecule has 1 fully saturated rings. The summed E-state index contributed by atoms with van der Waals surface area (Å²) in [5.41, 5.74) is 1.13. The number of benzene rings is 2. The number of likely N-dealkylation sites (tertiary alicyclic amines) is 1. The van der Waals surface area contributed by atoms with E-state index in [2.05, 4.69) is 4.98 Å². The molecule has 1 atom stereocenters. The number of aliphatic hydroxyl groups is 1. The van der Waals surface area contributed by atoms with Crippen LogP contribution in [0.15, 0.2) is 102 Å². The highest BCUT2D eigenvalue weighted by molar-refractivity contribution is 7.09. The maximum absolute atomic E-state index is 13.2. The molecular weight excluding hydrogens is 448 g/mol. The number of nitrogens with zero attached hydrogens (tertiary/aromatic N) is 2. The number of amides is 1. The van der Waals surface area contributed by atoms with Crippen molar-refractivity contribution in [2.75, 3.05) is 0 Å². The van der Waals surface area contributed by atoms with Crippen LogP contribution in [-0.2, 0) is 16.1 Å². The summed E-state index contributed by atoms with van der Waals surface area (Å²) in [6.07, 6.45) is 3.06. The summed E-state index contributed by atoms with van der Waals surface area (Å²) in [6, 6.07) is 22.9. The van der Waals surface area contributed by atoms with E-state index in [0.29, 0.717) is 22.6 Å². The highest BCUT2D eigenvalue weighted by Crippen LogP contribution is 2.41. The Morgan fingerprint density at radius 1 is 0.941 bits per heavy atom. The summed E-state index contributed by atoms with van der Waals surface area (Å²) in [4.78, 5) is 32.7. The van der Waals surface area contributed by atoms with Gasteiger partial charge in [0.05, 0.1) is 18.2 Å². The monoisotopic (exact) mass is 468 g/mol. The molecule has 0 saturated carbocycles. The van der Waals surface area contributed by atoms with E-state index in [9.17, 15) is 14.7 Å². The molecule has 2 aromatic carbocycles. The number of para-hydroxylation sites is 1. The maximum Gasteiger partial charge on any atom is 0.295 e. The van der Waals surface area contributed by atoms with E-state index in [1.165, 1.54) is 28.6 Å². The lowest BCUT2D eigenvalue weighted by molar-refractivity contribution is -0.140. The molecule has 34 heavy (non-hydrogen) atoms. The van der Waals surface area contributed by atoms with Crippen LogP contribution in [0.4, 0.5) is 0 Å². The normalized spacial score (nSPS) is 17.2. The van der Waals surface area contributed by atoms with E-state index >= 15 is 0 Å². The second-order valence-electron chi connectivity index (χ2n) is 7.73. The van der Waals surface area contributed by atoms with Gasteiger partial charge in [-0.05, 0) is 53.4 Å². The minimum Gasteiger partial charge on any atom is -0.507 e. The summed E-state index contributed by atoms with van der Waals surface area (Å²) in [7, 11) is 0. The Kier molecular flexibility index (Phi) is 5.93. The zero-order valence-corrected chi connectivity index (χ0v) is 18.8. The number of carbonyl (C=O) groups is 2. The van der Waals surface area contributed by atoms with Gasteiger partial charge in [-0.1, -0.05) is 36.4 Å². The Bertz CT molecular complexity index is 1350. The molecule has 1 aliphatic rings. The first kappa shape index (κ1) is 21.6. The topological polar surface area (TPSA) is 79.7 Å². The van der Waals surface area contributed by atoms with Crippen LogP contribution in [0.1, 0.15) is 22.0 Å². The van der Waals surface area contributed by atoms with Crippen LogP contribution >= 0.6 is 11.3 Å². The molecule has 0 spiro atoms. The summed E-state index contributed by atoms with van der Waals surface area (Å²) in [5, 5.41) is 13.0. The molecule has 0 aliphatic carbocycles. The van der Waals surface area contributed by atoms with Gasteiger partial charge in [0.2, 0.25) is 0 Å². The van der Waals surface area contributed by atoms with E-state index in [4.69, 9.17) is 4.74 Å². The summed E-state index contributed by atoms with van der Waals surface area (Å²) >= 11 is 1.50. The van der Waals surface area contributed by atoms with Crippen molar-refractivity contribution in [3.63, 3.8) is 0 Å². The minimum atomic E-state index is -0.769. The molecule has 0 radical (unpaired) electrons. The number of hydrogen-bond donors (Lipinski definition) is 1. The Labute approximate surface area is 200 Å². The standard InChI is InChI=1S/C27H20N2O4S/c30-25(18-11-13-28-14-12-18)23-24(29(27(32)26(23)31)17-22-10-5-15-34-22)19-6-4-9-21(16-19)33-20-7-2-1-3-8-20/h1-16,24,30H,17H2/b25-23-. The van der Waals surface area contributed by atoms with Crippen LogP contribution in [0.3, 0.4) is 0 Å². The molecule has 1 amide bonds. The lowest BCUT2D eigenvalue weighted by Gasteiger charge is -2.25. The molecule has 2 aromatic heterocycles. The zero-order chi connectivity index (χ0) is 23.5. The summed E-state index contributed by atoms with van der Waals surface area (Å²) in [6.45, 7) is 0.254. The number of hydrogen-bond acceptors (Lipinski definition) is 6. The Morgan fingerprint density at radius 3 is 2.44 bits per heavy atom. The van der Waals surface area contributed by atoms with Crippen LogP contribution in [0.25, 0.3) is 5.76 Å². The van der Waals surface area contributed by atoms with Gasteiger partial charge in [-0.15, -0.1) is 11.3 Å². The quantitative estimate of drug-likeness (QED) is 0.228. The van der Waals surface area contributed by atoms with Crippen molar-refractivity contribution in [2.24, 2.45) is 0 Å². The molecule has 1 N–H and O–H groups in total. The van der Waals surface area contributed by atoms with Crippen molar-refractivity contribution in [3.05, 3.63) is 118 Å². The van der Waals surface area contributed by atoms with Gasteiger partial charge in [-0.25, -0.2) is 0 Å². The van der Waals surface area contributed by atoms with Gasteiger partial charge in [0.25, 0.3) is 11.7 Å². The molecule has 1 aliphatic heterocycles. The van der Waals surface area contributed by atoms with E-state index in [-0.39, 0.29) is 17.9 Å². The first-order chi connectivity index (χ1) is 16.6. The van der Waals surface area contributed by atoms with Crippen LogP contribution in [-0.4, -0.2) is 26.7 Å². The first-order valence-corrected chi connectivity index (χ1v) is 11.5. The van der Waals surface area contributed by atoms with Crippen LogP contribution in [0.5, 0.6) is 11.5 Å². The third-order valence-corrected chi connectivity index (χ3v) is 6.41. The number of aromatic nitrogens is 1. The summed E-state index contributed by atoms with van der Waals surface area (Å²) in [5.74, 6) is -0.360. The average molecular weight is 469 g/mol. The van der Waals surface area contributed by atoms with E-state index in [1.807, 2.05) is 66.0 Å². The smallest absolute Gasteiger partial charge is 0.295 e. The number of ether oxygens (including phenoxy) is 1. The lowest BCUT2D eigenvalue weighted by Crippen LogP contribution is -2.28. The van der Waals surface area contributed by atoms with Crippen molar-refractivity contribution in [1.29, 1.82) is 0 Å². The Morgan fingerprint density at radius 2 is 1.71 bits per heavy atom. The number of aliphatic hydroxyl groups excluding tert-OH is 1. The number of rotatable bonds is 6. The molecule has 3 heterocycles. The average Bonchev–Trinajstić information content (AvgIpc) is 3.47. The van der Waals surface area contributed by atoms with Gasteiger partial charge >= 0.3 is 0 Å². The highest BCUT2D eigenvalue weighted by atomic mass is 32.1. The van der Waals surface area contributed by atoms with Crippen LogP contribution < -0.4 is 4.74 Å². The van der Waals surface area contributed by atoms with Crippen molar-refractivity contribution >= 4 is 28.8 Å². The van der Waals surface area contributed by atoms with E-state index in [0.717, 1.165) is 4.88 Å². The van der Waals surface area contributed by atoms with Gasteiger partial charge in [0.15, 0.2) is 0 Å². The molecule has 7 heteroatoms. The maximum atomic E-state index is 13.2. The van der Waals surface area contributed by atoms with Crippen molar-refractivity contribution in [3.8, 4) is 11.5 Å². The van der Waals surface area contributed by atoms with E-state index < -0.39 is 17.7 Å². The molecule has 1 saturated heterocycles. The zero-order valence-electron chi connectivity index (χ0n) is 18.0. The van der Waals surface area contributed by atoms with Crippen LogP contribution in [0, 0.1) is 0 Å². The number of Topliss-reactive ketones (excluding diaryl/α,β-unsaturated/α-hetero) is 1. The number of pyridine rings is 1. The number of carbonyl (C=O) groups excluding carboxylic acids is 2. The molecular formula is C27H20N2O4S. The predicted octanol–water partition coefficient (Wildman–Crippen LogP) is 5.56. The van der Waals surface area contributed by atoms with Gasteiger partial charge in [0, 0.05) is 22.8 Å². The molecule has 168 valence electrons. The van der Waals surface area contributed by atoms with Gasteiger partial charge in [-0.3, -0.25) is 14.6 Å². The van der Waals surface area contributed by atoms with Crippen molar-refractivity contribution in [1.82, 2.24) is 9.88 Å². The Hall–Kier alpha value is -4.23. The second kappa shape index (κ2) is 9.33. The van der Waals surface area contributed by atoms with Crippen molar-refractivity contribution < 1.29 is 19.4 Å². The lowest BCUT2D eigenvalue weighted by atomic mass is 9.95. The number of ketones is 1. The second-order valence-corrected chi connectivity index (χ2v) is 8.76. The molecule has 1 unspecified atom stereocenters. The van der Waals surface area contributed by atoms with Gasteiger partial charge < -0.3 is 14.7 Å². The largest absolute Gasteiger partial charge is 0.507 e. The predicted molar refractivity (Wildman–Crippen MR) is 129 cm³/mol. The molecule has 4 aromatic rings. The third-order valence-electron chi connectivity index (χ3n) is 5.55. The fourth-order valence-corrected chi connectivity index (χ4v) is 4.70. The summed E-state index contributed by atoms with van der Waals surface area (Å²) < 4.78 is 5.98. The minimum absolute atomic E-state index is 0.0459. The highest BCUT2D eigenvalue weighted by Gasteiger charge is 2.46. The van der Waals surface area contributed by atoms with Crippen LogP contribution in [0.2, 0.25) is 0 Å². The molecule has 5 rings (SSSR count). The fraction of sp³-hybridized carbons (Fsp3) is 0.0741. The third kappa shape index (κ3) is 4.21. The van der Waals surface area contributed by atoms with E-state index in [1.54, 1.807) is 18.2 Å². The van der Waals surface area contributed by atoms with Gasteiger partial charge in [-0.2, -0.15) is 0 Å². The van der Waals surface area contributed by atoms with Gasteiger partial charge in [0.1, 0.15) is 17.3 Å². The fourth-order valence-electron chi connectivity index (χ4n) is 4.00. The first-order valence-electron chi connectivity index (χ1n) is 10.7.